The maximum atomic E-state index is 13.3. The number of carbonyl (C=O) groups excluding carboxylic acids is 1. The highest BCUT2D eigenvalue weighted by atomic mass is 79.9. The van der Waals surface area contributed by atoms with Crippen LogP contribution in [0, 0.1) is 5.82 Å². The van der Waals surface area contributed by atoms with Crippen molar-refractivity contribution in [1.29, 1.82) is 0 Å². The van der Waals surface area contributed by atoms with Crippen LogP contribution >= 0.6 is 15.9 Å². The molecule has 0 saturated heterocycles. The summed E-state index contributed by atoms with van der Waals surface area (Å²) in [4.78, 5) is 13.1. The van der Waals surface area contributed by atoms with Gasteiger partial charge in [0.2, 0.25) is 0 Å². The normalized spacial score (nSPS) is 12.7. The predicted molar refractivity (Wildman–Crippen MR) is 119 cm³/mol. The van der Waals surface area contributed by atoms with Gasteiger partial charge in [0.25, 0.3) is 5.91 Å². The smallest absolute Gasteiger partial charge is 0.277 e. The number of aromatic nitrogens is 4. The topological polar surface area (TPSA) is 64.7 Å². The van der Waals surface area contributed by atoms with Gasteiger partial charge in [-0.25, -0.2) is 13.8 Å². The average molecular weight is 480 g/mol. The van der Waals surface area contributed by atoms with Crippen molar-refractivity contribution < 1.29 is 9.18 Å². The van der Waals surface area contributed by atoms with E-state index in [0.717, 1.165) is 46.2 Å². The summed E-state index contributed by atoms with van der Waals surface area (Å²) in [6.45, 7) is 0.532. The summed E-state index contributed by atoms with van der Waals surface area (Å²) in [5.41, 5.74) is 4.19. The lowest BCUT2D eigenvalue weighted by atomic mass is 10.2. The molecule has 6 nitrogen and oxygen atoms in total. The molecule has 1 aliphatic rings. The third kappa shape index (κ3) is 3.90. The van der Waals surface area contributed by atoms with E-state index in [1.165, 1.54) is 12.1 Å². The first-order chi connectivity index (χ1) is 15.1. The number of nitrogens with zero attached hydrogens (tertiary/aromatic N) is 4. The molecule has 1 N–H and O–H groups in total. The second kappa shape index (κ2) is 8.11. The van der Waals surface area contributed by atoms with Gasteiger partial charge in [-0.3, -0.25) is 4.79 Å². The number of carbonyl (C=O) groups is 1. The zero-order valence-electron chi connectivity index (χ0n) is 16.6. The molecule has 0 spiro atoms. The van der Waals surface area contributed by atoms with E-state index in [1.807, 2.05) is 24.3 Å². The van der Waals surface area contributed by atoms with Gasteiger partial charge in [-0.1, -0.05) is 28.1 Å². The Kier molecular flexibility index (Phi) is 5.15. The molecule has 0 bridgehead atoms. The fraction of sp³-hybridized carbons (Fsp3) is 0.174. The van der Waals surface area contributed by atoms with Crippen LogP contribution in [-0.2, 0) is 19.4 Å². The van der Waals surface area contributed by atoms with Gasteiger partial charge in [0.15, 0.2) is 5.69 Å². The van der Waals surface area contributed by atoms with E-state index < -0.39 is 0 Å². The fourth-order valence-electron chi connectivity index (χ4n) is 3.96. The van der Waals surface area contributed by atoms with Crippen LogP contribution in [0.15, 0.2) is 65.3 Å². The van der Waals surface area contributed by atoms with Crippen molar-refractivity contribution in [1.82, 2.24) is 19.6 Å². The second-order valence-electron chi connectivity index (χ2n) is 7.47. The number of halogens is 2. The van der Waals surface area contributed by atoms with Gasteiger partial charge < -0.3 is 5.32 Å². The molecule has 31 heavy (non-hydrogen) atoms. The summed E-state index contributed by atoms with van der Waals surface area (Å²) in [6.07, 6.45) is 4.27. The molecule has 0 aliphatic heterocycles. The SMILES string of the molecule is O=C(Nc1ccnn1Cc1cccc(Br)c1)c1nn(-c2ccc(F)cc2)c2c1CCC2. The Morgan fingerprint density at radius 2 is 1.97 bits per heavy atom. The molecule has 2 heterocycles. The largest absolute Gasteiger partial charge is 0.305 e. The molecule has 0 radical (unpaired) electrons. The van der Waals surface area contributed by atoms with Gasteiger partial charge >= 0.3 is 0 Å². The summed E-state index contributed by atoms with van der Waals surface area (Å²) in [5.74, 6) is 0.0345. The first-order valence-electron chi connectivity index (χ1n) is 10.0. The minimum Gasteiger partial charge on any atom is -0.305 e. The Morgan fingerprint density at radius 3 is 2.77 bits per heavy atom. The van der Waals surface area contributed by atoms with Gasteiger partial charge in [0.1, 0.15) is 11.6 Å². The van der Waals surface area contributed by atoms with Gasteiger partial charge in [0.05, 0.1) is 18.4 Å². The lowest BCUT2D eigenvalue weighted by molar-refractivity contribution is 0.102. The number of hydrogen-bond donors (Lipinski definition) is 1. The Bertz CT molecular complexity index is 1260. The number of fused-ring (bicyclic) bond motifs is 1. The van der Waals surface area contributed by atoms with Gasteiger partial charge in [-0.2, -0.15) is 10.2 Å². The van der Waals surface area contributed by atoms with Crippen LogP contribution < -0.4 is 5.32 Å². The highest BCUT2D eigenvalue weighted by Gasteiger charge is 2.27. The van der Waals surface area contributed by atoms with Crippen LogP contribution in [0.25, 0.3) is 5.69 Å². The molecule has 2 aromatic carbocycles. The molecule has 156 valence electrons. The number of nitrogens with one attached hydrogen (secondary N) is 1. The molecule has 1 amide bonds. The number of anilines is 1. The van der Waals surface area contributed by atoms with Crippen molar-refractivity contribution >= 4 is 27.7 Å². The van der Waals surface area contributed by atoms with E-state index in [-0.39, 0.29) is 11.7 Å². The van der Waals surface area contributed by atoms with Crippen LogP contribution in [0.4, 0.5) is 10.2 Å². The lowest BCUT2D eigenvalue weighted by Crippen LogP contribution is -2.18. The fourth-order valence-corrected chi connectivity index (χ4v) is 4.41. The van der Waals surface area contributed by atoms with E-state index in [1.54, 1.807) is 33.8 Å². The monoisotopic (exact) mass is 479 g/mol. The summed E-state index contributed by atoms with van der Waals surface area (Å²) in [7, 11) is 0. The van der Waals surface area contributed by atoms with Crippen molar-refractivity contribution in [3.63, 3.8) is 0 Å². The van der Waals surface area contributed by atoms with E-state index in [0.29, 0.717) is 18.1 Å². The Hall–Kier alpha value is -3.26. The first-order valence-corrected chi connectivity index (χ1v) is 10.8. The minimum absolute atomic E-state index is 0.269. The third-order valence-corrected chi connectivity index (χ3v) is 5.89. The van der Waals surface area contributed by atoms with Gasteiger partial charge in [-0.05, 0) is 61.2 Å². The lowest BCUT2D eigenvalue weighted by Gasteiger charge is -2.09. The third-order valence-electron chi connectivity index (χ3n) is 5.40. The van der Waals surface area contributed by atoms with E-state index in [9.17, 15) is 9.18 Å². The number of rotatable bonds is 5. The van der Waals surface area contributed by atoms with Crippen molar-refractivity contribution in [2.45, 2.75) is 25.8 Å². The molecular formula is C23H19BrFN5O. The van der Waals surface area contributed by atoms with Crippen LogP contribution in [0.1, 0.15) is 33.7 Å². The molecule has 2 aromatic heterocycles. The summed E-state index contributed by atoms with van der Waals surface area (Å²) < 4.78 is 17.8. The highest BCUT2D eigenvalue weighted by molar-refractivity contribution is 9.10. The molecule has 5 rings (SSSR count). The number of hydrogen-bond acceptors (Lipinski definition) is 3. The van der Waals surface area contributed by atoms with E-state index in [4.69, 9.17) is 0 Å². The molecule has 0 unspecified atom stereocenters. The Labute approximate surface area is 186 Å². The molecule has 0 fully saturated rings. The van der Waals surface area contributed by atoms with Crippen LogP contribution in [0.3, 0.4) is 0 Å². The molecule has 0 atom stereocenters. The maximum absolute atomic E-state index is 13.3. The van der Waals surface area contributed by atoms with E-state index in [2.05, 4.69) is 31.4 Å². The summed E-state index contributed by atoms with van der Waals surface area (Å²) in [6, 6.07) is 15.9. The van der Waals surface area contributed by atoms with Gasteiger partial charge in [-0.15, -0.1) is 0 Å². The van der Waals surface area contributed by atoms with Crippen molar-refractivity contribution in [2.75, 3.05) is 5.32 Å². The Balaban J connectivity index is 1.42. The number of benzene rings is 2. The molecule has 8 heteroatoms. The van der Waals surface area contributed by atoms with Crippen LogP contribution in [-0.4, -0.2) is 25.5 Å². The highest BCUT2D eigenvalue weighted by Crippen LogP contribution is 2.28. The second-order valence-corrected chi connectivity index (χ2v) is 8.39. The Morgan fingerprint density at radius 1 is 1.13 bits per heavy atom. The van der Waals surface area contributed by atoms with Crippen LogP contribution in [0.2, 0.25) is 0 Å². The zero-order chi connectivity index (χ0) is 21.4. The predicted octanol–water partition coefficient (Wildman–Crippen LogP) is 4.76. The molecule has 1 aliphatic carbocycles. The van der Waals surface area contributed by atoms with Crippen LogP contribution in [0.5, 0.6) is 0 Å². The minimum atomic E-state index is -0.302. The van der Waals surface area contributed by atoms with Gasteiger partial charge in [0, 0.05) is 21.8 Å². The summed E-state index contributed by atoms with van der Waals surface area (Å²) >= 11 is 3.48. The van der Waals surface area contributed by atoms with Crippen molar-refractivity contribution in [2.24, 2.45) is 0 Å². The average Bonchev–Trinajstić information content (AvgIpc) is 3.46. The number of amides is 1. The molecule has 4 aromatic rings. The maximum Gasteiger partial charge on any atom is 0.277 e. The van der Waals surface area contributed by atoms with E-state index >= 15 is 0 Å². The molecular weight excluding hydrogens is 461 g/mol. The van der Waals surface area contributed by atoms with Crippen molar-refractivity contribution in [3.05, 3.63) is 93.6 Å². The molecule has 0 saturated carbocycles. The standard InChI is InChI=1S/C23H19BrFN5O/c24-16-4-1-3-15(13-16)14-29-21(11-12-26-29)27-23(31)22-19-5-2-6-20(19)30(28-22)18-9-7-17(25)8-10-18/h1,3-4,7-13H,2,5-6,14H2,(H,27,31). The first kappa shape index (κ1) is 19.7. The summed E-state index contributed by atoms with van der Waals surface area (Å²) in [5, 5.41) is 11.9. The quantitative estimate of drug-likeness (QED) is 0.448. The van der Waals surface area contributed by atoms with Crippen molar-refractivity contribution in [3.8, 4) is 5.69 Å². The zero-order valence-corrected chi connectivity index (χ0v) is 18.1.